The van der Waals surface area contributed by atoms with Gasteiger partial charge in [0.2, 0.25) is 0 Å². The van der Waals surface area contributed by atoms with Gasteiger partial charge in [-0.2, -0.15) is 0 Å². The lowest BCUT2D eigenvalue weighted by Gasteiger charge is -2.08. The molecule has 0 atom stereocenters. The molecule has 80 valence electrons. The van der Waals surface area contributed by atoms with E-state index in [9.17, 15) is 14.9 Å². The second-order valence-corrected chi connectivity index (χ2v) is 3.99. The molecule has 0 bridgehead atoms. The molecular weight excluding hydrogens is 196 g/mol. The van der Waals surface area contributed by atoms with Crippen LogP contribution in [0.4, 0.5) is 5.69 Å². The largest absolute Gasteiger partial charge is 0.353 e. The molecule has 0 spiro atoms. The molecule has 5 nitrogen and oxygen atoms in total. The molecule has 0 saturated heterocycles. The molecule has 1 saturated carbocycles. The van der Waals surface area contributed by atoms with E-state index in [1.807, 2.05) is 6.92 Å². The van der Waals surface area contributed by atoms with Crippen LogP contribution in [0.3, 0.4) is 0 Å². The van der Waals surface area contributed by atoms with E-state index in [4.69, 9.17) is 0 Å². The highest BCUT2D eigenvalue weighted by molar-refractivity contribution is 6.01. The fourth-order valence-electron chi connectivity index (χ4n) is 1.80. The number of carbonyl (C=O) groups is 1. The number of rotatable bonds is 4. The molecule has 1 aliphatic carbocycles. The molecular formula is C10H12N2O3. The van der Waals surface area contributed by atoms with Gasteiger partial charge in [-0.05, 0) is 19.3 Å². The third-order valence-corrected chi connectivity index (χ3v) is 3.14. The molecule has 1 aromatic rings. The molecule has 0 aromatic carbocycles. The van der Waals surface area contributed by atoms with Crippen LogP contribution >= 0.6 is 0 Å². The normalized spacial score (nSPS) is 17.4. The lowest BCUT2D eigenvalue weighted by atomic mass is 9.96. The zero-order valence-corrected chi connectivity index (χ0v) is 8.45. The maximum absolute atomic E-state index is 11.9. The van der Waals surface area contributed by atoms with Crippen molar-refractivity contribution in [1.82, 2.24) is 4.98 Å². The maximum atomic E-state index is 11.9. The molecule has 0 amide bonds. The van der Waals surface area contributed by atoms with E-state index in [0.717, 1.165) is 19.3 Å². The zero-order chi connectivity index (χ0) is 11.1. The fraction of sp³-hybridized carbons (Fsp3) is 0.500. The van der Waals surface area contributed by atoms with Gasteiger partial charge in [0.1, 0.15) is 0 Å². The van der Waals surface area contributed by atoms with Crippen molar-refractivity contribution in [3.8, 4) is 0 Å². The second kappa shape index (κ2) is 3.18. The fourth-order valence-corrected chi connectivity index (χ4v) is 1.80. The van der Waals surface area contributed by atoms with Crippen molar-refractivity contribution in [2.45, 2.75) is 26.2 Å². The van der Waals surface area contributed by atoms with E-state index < -0.39 is 4.92 Å². The van der Waals surface area contributed by atoms with Crippen LogP contribution in [0, 0.1) is 15.5 Å². The van der Waals surface area contributed by atoms with Gasteiger partial charge in [-0.1, -0.05) is 6.92 Å². The van der Waals surface area contributed by atoms with Gasteiger partial charge in [0.15, 0.2) is 5.78 Å². The summed E-state index contributed by atoms with van der Waals surface area (Å²) in [6, 6.07) is 1.32. The van der Waals surface area contributed by atoms with Crippen LogP contribution in [0.1, 0.15) is 36.7 Å². The smallest absolute Gasteiger partial charge is 0.287 e. The monoisotopic (exact) mass is 208 g/mol. The third-order valence-electron chi connectivity index (χ3n) is 3.14. The summed E-state index contributed by atoms with van der Waals surface area (Å²) < 4.78 is 0. The summed E-state index contributed by atoms with van der Waals surface area (Å²) in [7, 11) is 0. The van der Waals surface area contributed by atoms with E-state index >= 15 is 0 Å². The van der Waals surface area contributed by atoms with E-state index in [2.05, 4.69) is 4.98 Å². The van der Waals surface area contributed by atoms with Gasteiger partial charge < -0.3 is 4.98 Å². The van der Waals surface area contributed by atoms with Crippen molar-refractivity contribution in [3.05, 3.63) is 28.1 Å². The minimum atomic E-state index is -0.501. The molecule has 2 rings (SSSR count). The van der Waals surface area contributed by atoms with Gasteiger partial charge in [0, 0.05) is 11.5 Å². The van der Waals surface area contributed by atoms with Gasteiger partial charge in [-0.15, -0.1) is 0 Å². The van der Waals surface area contributed by atoms with Gasteiger partial charge in [0.25, 0.3) is 5.69 Å². The Balaban J connectivity index is 2.23. The van der Waals surface area contributed by atoms with Crippen molar-refractivity contribution in [2.24, 2.45) is 5.41 Å². The molecule has 1 aliphatic rings. The topological polar surface area (TPSA) is 76.0 Å². The minimum Gasteiger partial charge on any atom is -0.353 e. The quantitative estimate of drug-likeness (QED) is 0.468. The lowest BCUT2D eigenvalue weighted by Crippen LogP contribution is -2.15. The molecule has 5 heteroatoms. The van der Waals surface area contributed by atoms with Crippen LogP contribution in [0.15, 0.2) is 12.3 Å². The lowest BCUT2D eigenvalue weighted by molar-refractivity contribution is -0.384. The number of nitrogens with zero attached hydrogens (tertiary/aromatic N) is 1. The number of hydrogen-bond donors (Lipinski definition) is 1. The summed E-state index contributed by atoms with van der Waals surface area (Å²) in [5, 5.41) is 10.4. The van der Waals surface area contributed by atoms with Crippen molar-refractivity contribution < 1.29 is 9.72 Å². The Labute approximate surface area is 86.6 Å². The number of Topliss-reactive ketones (excluding diaryl/α,β-unsaturated/α-hetero) is 1. The van der Waals surface area contributed by atoms with E-state index in [1.165, 1.54) is 12.3 Å². The Kier molecular flexibility index (Phi) is 2.10. The predicted molar refractivity (Wildman–Crippen MR) is 53.7 cm³/mol. The van der Waals surface area contributed by atoms with Crippen LogP contribution in [-0.4, -0.2) is 15.7 Å². The number of ketones is 1. The first-order chi connectivity index (χ1) is 7.09. The van der Waals surface area contributed by atoms with Crippen LogP contribution in [0.2, 0.25) is 0 Å². The SMILES string of the molecule is CCC1(C(=O)c2cc([N+](=O)[O-])c[nH]2)CC1. The van der Waals surface area contributed by atoms with Gasteiger partial charge in [0.05, 0.1) is 16.8 Å². The third kappa shape index (κ3) is 1.54. The van der Waals surface area contributed by atoms with E-state index in [-0.39, 0.29) is 16.9 Å². The molecule has 0 unspecified atom stereocenters. The second-order valence-electron chi connectivity index (χ2n) is 3.99. The number of hydrogen-bond acceptors (Lipinski definition) is 3. The summed E-state index contributed by atoms with van der Waals surface area (Å²) in [4.78, 5) is 24.6. The van der Waals surface area contributed by atoms with Gasteiger partial charge >= 0.3 is 0 Å². The van der Waals surface area contributed by atoms with Crippen molar-refractivity contribution in [2.75, 3.05) is 0 Å². The first-order valence-corrected chi connectivity index (χ1v) is 4.97. The number of nitrogens with one attached hydrogen (secondary N) is 1. The molecule has 15 heavy (non-hydrogen) atoms. The average Bonchev–Trinajstić information content (AvgIpc) is 2.86. The molecule has 1 fully saturated rings. The molecule has 1 heterocycles. The highest BCUT2D eigenvalue weighted by Crippen LogP contribution is 2.50. The Bertz CT molecular complexity index is 418. The molecule has 0 aliphatic heterocycles. The Hall–Kier alpha value is -1.65. The Morgan fingerprint density at radius 3 is 2.73 bits per heavy atom. The Morgan fingerprint density at radius 2 is 2.33 bits per heavy atom. The number of nitro groups is 1. The first kappa shape index (κ1) is 9.89. The zero-order valence-electron chi connectivity index (χ0n) is 8.45. The molecule has 0 radical (unpaired) electrons. The first-order valence-electron chi connectivity index (χ1n) is 4.97. The van der Waals surface area contributed by atoms with E-state index in [1.54, 1.807) is 0 Å². The highest BCUT2D eigenvalue weighted by atomic mass is 16.6. The van der Waals surface area contributed by atoms with Crippen LogP contribution in [0.5, 0.6) is 0 Å². The van der Waals surface area contributed by atoms with Crippen LogP contribution < -0.4 is 0 Å². The number of carbonyl (C=O) groups excluding carboxylic acids is 1. The number of H-pyrrole nitrogens is 1. The minimum absolute atomic E-state index is 0.0121. The number of aromatic nitrogens is 1. The average molecular weight is 208 g/mol. The summed E-state index contributed by atoms with van der Waals surface area (Å²) in [5.41, 5.74) is 0.0740. The standard InChI is InChI=1S/C10H12N2O3/c1-2-10(3-4-10)9(13)8-5-7(6-11-8)12(14)15/h5-6,11H,2-4H2,1H3. The predicted octanol–water partition coefficient (Wildman–Crippen LogP) is 2.30. The number of aromatic amines is 1. The maximum Gasteiger partial charge on any atom is 0.287 e. The van der Waals surface area contributed by atoms with Crippen molar-refractivity contribution in [3.63, 3.8) is 0 Å². The summed E-state index contributed by atoms with van der Waals surface area (Å²) in [5.74, 6) is 0.0121. The Morgan fingerprint density at radius 1 is 1.67 bits per heavy atom. The van der Waals surface area contributed by atoms with Crippen LogP contribution in [0.25, 0.3) is 0 Å². The highest BCUT2D eigenvalue weighted by Gasteiger charge is 2.48. The molecule has 1 N–H and O–H groups in total. The summed E-state index contributed by atoms with van der Waals surface area (Å²) >= 11 is 0. The van der Waals surface area contributed by atoms with E-state index in [0.29, 0.717) is 5.69 Å². The summed E-state index contributed by atoms with van der Waals surface area (Å²) in [6.07, 6.45) is 3.86. The summed E-state index contributed by atoms with van der Waals surface area (Å²) in [6.45, 7) is 1.97. The van der Waals surface area contributed by atoms with Gasteiger partial charge in [-0.3, -0.25) is 14.9 Å². The van der Waals surface area contributed by atoms with Crippen molar-refractivity contribution in [1.29, 1.82) is 0 Å². The van der Waals surface area contributed by atoms with Gasteiger partial charge in [-0.25, -0.2) is 0 Å². The molecule has 1 aromatic heterocycles. The van der Waals surface area contributed by atoms with Crippen LogP contribution in [-0.2, 0) is 0 Å². The van der Waals surface area contributed by atoms with Crippen molar-refractivity contribution >= 4 is 11.5 Å².